The van der Waals surface area contributed by atoms with E-state index >= 15 is 0 Å². The van der Waals surface area contributed by atoms with Crippen LogP contribution in [0.15, 0.2) is 18.2 Å². The maximum absolute atomic E-state index is 11.9. The van der Waals surface area contributed by atoms with E-state index in [-0.39, 0.29) is 11.5 Å². The summed E-state index contributed by atoms with van der Waals surface area (Å²) in [6.07, 6.45) is -4.81. The molecule has 1 aromatic rings. The van der Waals surface area contributed by atoms with Crippen LogP contribution < -0.4 is 9.47 Å². The third kappa shape index (κ3) is 5.29. The van der Waals surface area contributed by atoms with E-state index < -0.39 is 48.3 Å². The predicted octanol–water partition coefficient (Wildman–Crippen LogP) is 1.48. The van der Waals surface area contributed by atoms with Gasteiger partial charge in [-0.25, -0.2) is 0 Å². The minimum Gasteiger partial charge on any atom is -0.457 e. The van der Waals surface area contributed by atoms with Crippen LogP contribution in [0.5, 0.6) is 11.5 Å². The molecule has 1 saturated heterocycles. The van der Waals surface area contributed by atoms with E-state index in [0.29, 0.717) is 0 Å². The molecule has 0 spiro atoms. The molecule has 9 nitrogen and oxygen atoms in total. The highest BCUT2D eigenvalue weighted by Crippen LogP contribution is 2.34. The average Bonchev–Trinajstić information content (AvgIpc) is 2.86. The van der Waals surface area contributed by atoms with Gasteiger partial charge in [-0.1, -0.05) is 6.07 Å². The van der Waals surface area contributed by atoms with Crippen LogP contribution in [-0.4, -0.2) is 48.3 Å². The Labute approximate surface area is 161 Å². The van der Waals surface area contributed by atoms with Gasteiger partial charge in [0.2, 0.25) is 12.4 Å². The van der Waals surface area contributed by atoms with Gasteiger partial charge in [0.25, 0.3) is 0 Å². The minimum absolute atomic E-state index is 0.132. The summed E-state index contributed by atoms with van der Waals surface area (Å²) in [7, 11) is 0. The van der Waals surface area contributed by atoms with Crippen molar-refractivity contribution in [1.29, 1.82) is 0 Å². The van der Waals surface area contributed by atoms with E-state index in [2.05, 4.69) is 0 Å². The van der Waals surface area contributed by atoms with Crippen LogP contribution in [0.1, 0.15) is 33.3 Å². The molecule has 2 rings (SSSR count). The molecule has 0 unspecified atom stereocenters. The van der Waals surface area contributed by atoms with Gasteiger partial charge in [0.15, 0.2) is 29.5 Å². The van der Waals surface area contributed by atoms with Gasteiger partial charge in [-0.3, -0.25) is 19.2 Å². The van der Waals surface area contributed by atoms with Crippen molar-refractivity contribution in [2.24, 2.45) is 0 Å². The number of carbonyl (C=O) groups is 4. The maximum Gasteiger partial charge on any atom is 0.308 e. The van der Waals surface area contributed by atoms with Gasteiger partial charge in [-0.05, 0) is 31.5 Å². The van der Waals surface area contributed by atoms with Crippen molar-refractivity contribution in [3.63, 3.8) is 0 Å². The van der Waals surface area contributed by atoms with E-state index in [4.69, 9.17) is 23.7 Å². The molecule has 1 aliphatic rings. The first-order chi connectivity index (χ1) is 13.1. The lowest BCUT2D eigenvalue weighted by Crippen LogP contribution is -2.42. The molecule has 9 heteroatoms. The molecule has 1 fully saturated rings. The molecule has 1 heterocycles. The second-order valence-corrected chi connectivity index (χ2v) is 6.35. The molecule has 0 saturated carbocycles. The van der Waals surface area contributed by atoms with E-state index in [0.717, 1.165) is 12.5 Å². The number of hydrogen-bond donors (Lipinski definition) is 0. The van der Waals surface area contributed by atoms with Crippen LogP contribution in [-0.2, 0) is 33.4 Å². The molecule has 0 radical (unpaired) electrons. The SMILES string of the molecule is CC(=O)Oc1cc(C)ccc1O[C@@H]1O[C@H](C(C)=O)[C@@H](OC(C)=O)[C@@H]1OC(C)=O. The zero-order valence-electron chi connectivity index (χ0n) is 16.2. The molecular formula is C19H22O9. The molecule has 0 aliphatic carbocycles. The Morgan fingerprint density at radius 1 is 0.857 bits per heavy atom. The Bertz CT molecular complexity index is 786. The second-order valence-electron chi connectivity index (χ2n) is 6.35. The Morgan fingerprint density at radius 3 is 2.00 bits per heavy atom. The number of hydrogen-bond acceptors (Lipinski definition) is 9. The molecule has 0 N–H and O–H groups in total. The molecule has 0 bridgehead atoms. The van der Waals surface area contributed by atoms with Crippen LogP contribution in [0.2, 0.25) is 0 Å². The maximum atomic E-state index is 11.9. The highest BCUT2D eigenvalue weighted by molar-refractivity contribution is 5.82. The monoisotopic (exact) mass is 394 g/mol. The largest absolute Gasteiger partial charge is 0.457 e. The van der Waals surface area contributed by atoms with Gasteiger partial charge < -0.3 is 23.7 Å². The minimum atomic E-state index is -1.26. The number of aryl methyl sites for hydroxylation is 1. The summed E-state index contributed by atoms with van der Waals surface area (Å²) in [5, 5.41) is 0. The summed E-state index contributed by atoms with van der Waals surface area (Å²) in [6, 6.07) is 4.84. The fourth-order valence-corrected chi connectivity index (χ4v) is 2.76. The first-order valence-corrected chi connectivity index (χ1v) is 8.54. The van der Waals surface area contributed by atoms with E-state index in [1.165, 1.54) is 20.8 Å². The van der Waals surface area contributed by atoms with Crippen molar-refractivity contribution < 1.29 is 42.9 Å². The van der Waals surface area contributed by atoms with Gasteiger partial charge in [0.05, 0.1) is 0 Å². The van der Waals surface area contributed by atoms with E-state index in [1.54, 1.807) is 25.1 Å². The highest BCUT2D eigenvalue weighted by Gasteiger charge is 2.52. The lowest BCUT2D eigenvalue weighted by Gasteiger charge is -2.23. The quantitative estimate of drug-likeness (QED) is 0.522. The Balaban J connectivity index is 2.36. The van der Waals surface area contributed by atoms with Crippen LogP contribution in [0.25, 0.3) is 0 Å². The van der Waals surface area contributed by atoms with Crippen molar-refractivity contribution in [3.8, 4) is 11.5 Å². The number of rotatable bonds is 6. The second kappa shape index (κ2) is 8.83. The summed E-state index contributed by atoms with van der Waals surface area (Å²) in [6.45, 7) is 6.62. The Morgan fingerprint density at radius 2 is 1.46 bits per heavy atom. The van der Waals surface area contributed by atoms with Crippen molar-refractivity contribution in [2.45, 2.75) is 59.2 Å². The lowest BCUT2D eigenvalue weighted by atomic mass is 10.1. The number of carbonyl (C=O) groups excluding carboxylic acids is 4. The van der Waals surface area contributed by atoms with Crippen LogP contribution in [0, 0.1) is 6.92 Å². The number of Topliss-reactive ketones (excluding diaryl/α,β-unsaturated/α-hetero) is 1. The molecular weight excluding hydrogens is 372 g/mol. The predicted molar refractivity (Wildman–Crippen MR) is 93.6 cm³/mol. The van der Waals surface area contributed by atoms with Gasteiger partial charge in [0.1, 0.15) is 0 Å². The standard InChI is InChI=1S/C19H22O9/c1-9-6-7-14(15(8-9)24-11(3)21)27-19-18(26-13(5)23)17(25-12(4)22)16(28-19)10(2)20/h6-8,16-19H,1-5H3/t16-,17-,18+,19-/m1/s1. The summed E-state index contributed by atoms with van der Waals surface area (Å²) >= 11 is 0. The van der Waals surface area contributed by atoms with Gasteiger partial charge in [-0.15, -0.1) is 0 Å². The molecule has 0 amide bonds. The van der Waals surface area contributed by atoms with Gasteiger partial charge >= 0.3 is 17.9 Å². The molecule has 152 valence electrons. The zero-order valence-corrected chi connectivity index (χ0v) is 16.2. The Hall–Kier alpha value is -2.94. The van der Waals surface area contributed by atoms with Crippen molar-refractivity contribution in [3.05, 3.63) is 23.8 Å². The van der Waals surface area contributed by atoms with E-state index in [1.807, 2.05) is 0 Å². The molecule has 1 aromatic carbocycles. The third-order valence-electron chi connectivity index (χ3n) is 3.77. The number of ketones is 1. The third-order valence-corrected chi connectivity index (χ3v) is 3.77. The average molecular weight is 394 g/mol. The highest BCUT2D eigenvalue weighted by atomic mass is 16.7. The van der Waals surface area contributed by atoms with Crippen molar-refractivity contribution >= 4 is 23.7 Å². The summed E-state index contributed by atoms with van der Waals surface area (Å²) in [5.41, 5.74) is 0.812. The molecule has 28 heavy (non-hydrogen) atoms. The molecule has 4 atom stereocenters. The van der Waals surface area contributed by atoms with Crippen LogP contribution in [0.3, 0.4) is 0 Å². The summed E-state index contributed by atoms with van der Waals surface area (Å²) < 4.78 is 26.8. The van der Waals surface area contributed by atoms with Crippen LogP contribution >= 0.6 is 0 Å². The fourth-order valence-electron chi connectivity index (χ4n) is 2.76. The van der Waals surface area contributed by atoms with E-state index in [9.17, 15) is 19.2 Å². The molecule has 0 aromatic heterocycles. The van der Waals surface area contributed by atoms with Crippen molar-refractivity contribution in [2.75, 3.05) is 0 Å². The van der Waals surface area contributed by atoms with Crippen LogP contribution in [0.4, 0.5) is 0 Å². The number of benzene rings is 1. The van der Waals surface area contributed by atoms with Gasteiger partial charge in [-0.2, -0.15) is 0 Å². The normalized spacial score (nSPS) is 23.6. The first kappa shape index (κ1) is 21.4. The Kier molecular flexibility index (Phi) is 6.74. The summed E-state index contributed by atoms with van der Waals surface area (Å²) in [5.74, 6) is -2.07. The smallest absolute Gasteiger partial charge is 0.308 e. The van der Waals surface area contributed by atoms with Crippen molar-refractivity contribution in [1.82, 2.24) is 0 Å². The fraction of sp³-hybridized carbons (Fsp3) is 0.474. The first-order valence-electron chi connectivity index (χ1n) is 8.54. The summed E-state index contributed by atoms with van der Waals surface area (Å²) in [4.78, 5) is 46.3. The lowest BCUT2D eigenvalue weighted by molar-refractivity contribution is -0.170. The molecule has 1 aliphatic heterocycles. The number of ether oxygens (including phenoxy) is 5. The van der Waals surface area contributed by atoms with Gasteiger partial charge in [0, 0.05) is 20.8 Å². The zero-order chi connectivity index (χ0) is 21.0. The number of esters is 3. The topological polar surface area (TPSA) is 114 Å².